The van der Waals surface area contributed by atoms with Crippen LogP contribution in [0.25, 0.3) is 0 Å². The van der Waals surface area contributed by atoms with Crippen LogP contribution in [0.4, 0.5) is 0 Å². The lowest BCUT2D eigenvalue weighted by Gasteiger charge is -2.27. The van der Waals surface area contributed by atoms with Gasteiger partial charge in [0.2, 0.25) is 0 Å². The number of hydrogen-bond donors (Lipinski definition) is 2. The Morgan fingerprint density at radius 3 is 2.38 bits per heavy atom. The van der Waals surface area contributed by atoms with Gasteiger partial charge in [-0.3, -0.25) is 9.69 Å². The molecule has 1 saturated heterocycles. The van der Waals surface area contributed by atoms with Crippen LogP contribution >= 0.6 is 0 Å². The summed E-state index contributed by atoms with van der Waals surface area (Å²) >= 11 is 0. The van der Waals surface area contributed by atoms with E-state index in [1.54, 1.807) is 6.92 Å². The summed E-state index contributed by atoms with van der Waals surface area (Å²) in [7, 11) is 0. The summed E-state index contributed by atoms with van der Waals surface area (Å²) in [6.45, 7) is 7.53. The molecular formula is C24H28N2O3. The molecule has 5 nitrogen and oxygen atoms in total. The number of carboxylic acid groups (broad SMARTS) is 1. The van der Waals surface area contributed by atoms with Gasteiger partial charge in [0.05, 0.1) is 12.3 Å². The van der Waals surface area contributed by atoms with Crippen LogP contribution in [0.3, 0.4) is 0 Å². The van der Waals surface area contributed by atoms with E-state index in [0.717, 1.165) is 49.6 Å². The molecule has 2 N–H and O–H groups in total. The number of ether oxygens (including phenoxy) is 1. The molecule has 0 amide bonds. The average molecular weight is 392 g/mol. The molecule has 1 aliphatic heterocycles. The molecule has 0 bridgehead atoms. The second kappa shape index (κ2) is 10.7. The van der Waals surface area contributed by atoms with Gasteiger partial charge < -0.3 is 15.2 Å². The summed E-state index contributed by atoms with van der Waals surface area (Å²) in [6.07, 6.45) is 0.00132. The molecule has 1 unspecified atom stereocenters. The first-order chi connectivity index (χ1) is 14.1. The molecule has 1 heterocycles. The molecule has 152 valence electrons. The van der Waals surface area contributed by atoms with Crippen molar-refractivity contribution in [2.75, 3.05) is 26.2 Å². The Labute approximate surface area is 172 Å². The van der Waals surface area contributed by atoms with Gasteiger partial charge in [-0.2, -0.15) is 0 Å². The zero-order chi connectivity index (χ0) is 20.5. The zero-order valence-corrected chi connectivity index (χ0v) is 16.9. The van der Waals surface area contributed by atoms with Gasteiger partial charge in [-0.05, 0) is 35.7 Å². The molecule has 29 heavy (non-hydrogen) atoms. The predicted octanol–water partition coefficient (Wildman–Crippen LogP) is 3.25. The van der Waals surface area contributed by atoms with Crippen LogP contribution in [0.5, 0.6) is 5.75 Å². The Bertz CT molecular complexity index is 844. The lowest BCUT2D eigenvalue weighted by molar-refractivity contribution is -0.137. The number of nitrogens with one attached hydrogen (secondary N) is 1. The number of carboxylic acids is 1. The molecule has 0 aliphatic carbocycles. The number of nitrogens with zero attached hydrogens (tertiary/aromatic N) is 1. The van der Waals surface area contributed by atoms with Gasteiger partial charge in [0.15, 0.2) is 0 Å². The lowest BCUT2D eigenvalue weighted by atomic mass is 9.96. The summed E-state index contributed by atoms with van der Waals surface area (Å²) in [5, 5.41) is 12.4. The van der Waals surface area contributed by atoms with Crippen LogP contribution in [0.1, 0.15) is 36.0 Å². The minimum absolute atomic E-state index is 0.00132. The molecule has 3 rings (SSSR count). The number of carbonyl (C=O) groups is 1. The molecule has 5 heteroatoms. The van der Waals surface area contributed by atoms with E-state index < -0.39 is 5.97 Å². The number of hydrogen-bond acceptors (Lipinski definition) is 4. The van der Waals surface area contributed by atoms with Crippen molar-refractivity contribution in [3.63, 3.8) is 0 Å². The van der Waals surface area contributed by atoms with Crippen molar-refractivity contribution in [2.24, 2.45) is 0 Å². The molecule has 2 aromatic rings. The van der Waals surface area contributed by atoms with E-state index in [0.29, 0.717) is 6.61 Å². The zero-order valence-electron chi connectivity index (χ0n) is 16.9. The first kappa shape index (κ1) is 20.9. The molecule has 1 atom stereocenters. The van der Waals surface area contributed by atoms with Crippen LogP contribution in [0, 0.1) is 11.8 Å². The van der Waals surface area contributed by atoms with Crippen molar-refractivity contribution in [1.29, 1.82) is 0 Å². The summed E-state index contributed by atoms with van der Waals surface area (Å²) in [5.74, 6) is 5.39. The third-order valence-electron chi connectivity index (χ3n) is 5.02. The van der Waals surface area contributed by atoms with Gasteiger partial charge in [-0.15, -0.1) is 5.92 Å². The van der Waals surface area contributed by atoms with E-state index in [9.17, 15) is 4.79 Å². The number of aliphatic carboxylic acids is 1. The lowest BCUT2D eigenvalue weighted by Crippen LogP contribution is -2.42. The van der Waals surface area contributed by atoms with Gasteiger partial charge >= 0.3 is 5.97 Å². The molecule has 0 radical (unpaired) electrons. The monoisotopic (exact) mass is 392 g/mol. The Balaban J connectivity index is 1.52. The maximum Gasteiger partial charge on any atom is 0.304 e. The largest absolute Gasteiger partial charge is 0.489 e. The first-order valence-electron chi connectivity index (χ1n) is 10.0. The van der Waals surface area contributed by atoms with Gasteiger partial charge in [0, 0.05) is 32.7 Å². The minimum Gasteiger partial charge on any atom is -0.489 e. The third kappa shape index (κ3) is 6.63. The van der Waals surface area contributed by atoms with E-state index in [4.69, 9.17) is 9.84 Å². The molecule has 0 aromatic heterocycles. The van der Waals surface area contributed by atoms with Crippen LogP contribution in [0.2, 0.25) is 0 Å². The summed E-state index contributed by atoms with van der Waals surface area (Å²) in [5.41, 5.74) is 3.34. The highest BCUT2D eigenvalue weighted by atomic mass is 16.5. The standard InChI is InChI=1S/C24H28N2O3/c1-2-3-22(16-24(27)28)21-8-10-23(11-9-21)29-18-20-6-4-19(5-7-20)17-26-14-12-25-13-15-26/h4-11,22,25H,12-18H2,1H3,(H,27,28). The van der Waals surface area contributed by atoms with Crippen LogP contribution in [-0.4, -0.2) is 42.2 Å². The van der Waals surface area contributed by atoms with Crippen molar-refractivity contribution >= 4 is 5.97 Å². The molecule has 1 fully saturated rings. The normalized spacial score (nSPS) is 15.2. The van der Waals surface area contributed by atoms with Crippen LogP contribution < -0.4 is 10.1 Å². The smallest absolute Gasteiger partial charge is 0.304 e. The second-order valence-corrected chi connectivity index (χ2v) is 7.25. The highest BCUT2D eigenvalue weighted by molar-refractivity contribution is 5.69. The summed E-state index contributed by atoms with van der Waals surface area (Å²) in [6, 6.07) is 16.1. The molecular weight excluding hydrogens is 364 g/mol. The molecule has 2 aromatic carbocycles. The molecule has 0 saturated carbocycles. The van der Waals surface area contributed by atoms with Crippen molar-refractivity contribution in [3.8, 4) is 17.6 Å². The minimum atomic E-state index is -0.849. The van der Waals surface area contributed by atoms with Crippen molar-refractivity contribution in [2.45, 2.75) is 32.4 Å². The summed E-state index contributed by atoms with van der Waals surface area (Å²) < 4.78 is 5.89. The second-order valence-electron chi connectivity index (χ2n) is 7.25. The average Bonchev–Trinajstić information content (AvgIpc) is 2.74. The molecule has 1 aliphatic rings. The van der Waals surface area contributed by atoms with E-state index in [1.807, 2.05) is 24.3 Å². The van der Waals surface area contributed by atoms with E-state index in [2.05, 4.69) is 46.3 Å². The Morgan fingerprint density at radius 2 is 1.76 bits per heavy atom. The Hall–Kier alpha value is -2.81. The van der Waals surface area contributed by atoms with Crippen molar-refractivity contribution < 1.29 is 14.6 Å². The number of piperazine rings is 1. The Kier molecular flexibility index (Phi) is 7.69. The summed E-state index contributed by atoms with van der Waals surface area (Å²) in [4.78, 5) is 13.5. The van der Waals surface area contributed by atoms with E-state index >= 15 is 0 Å². The highest BCUT2D eigenvalue weighted by Crippen LogP contribution is 2.23. The maximum atomic E-state index is 11.0. The van der Waals surface area contributed by atoms with Gasteiger partial charge in [0.25, 0.3) is 0 Å². The highest BCUT2D eigenvalue weighted by Gasteiger charge is 2.13. The fourth-order valence-corrected chi connectivity index (χ4v) is 3.43. The van der Waals surface area contributed by atoms with E-state index in [1.165, 1.54) is 5.56 Å². The molecule has 0 spiro atoms. The fraction of sp³-hybridized carbons (Fsp3) is 0.375. The van der Waals surface area contributed by atoms with Crippen molar-refractivity contribution in [1.82, 2.24) is 10.2 Å². The number of benzene rings is 2. The SMILES string of the molecule is CC#CC(CC(=O)O)c1ccc(OCc2ccc(CN3CCNCC3)cc2)cc1. The maximum absolute atomic E-state index is 11.0. The topological polar surface area (TPSA) is 61.8 Å². The van der Waals surface area contributed by atoms with Crippen LogP contribution in [-0.2, 0) is 17.9 Å². The van der Waals surface area contributed by atoms with Gasteiger partial charge in [-0.25, -0.2) is 0 Å². The van der Waals surface area contributed by atoms with Gasteiger partial charge in [0.1, 0.15) is 12.4 Å². The predicted molar refractivity (Wildman–Crippen MR) is 114 cm³/mol. The quantitative estimate of drug-likeness (QED) is 0.676. The van der Waals surface area contributed by atoms with E-state index in [-0.39, 0.29) is 12.3 Å². The third-order valence-corrected chi connectivity index (χ3v) is 5.02. The van der Waals surface area contributed by atoms with Crippen molar-refractivity contribution in [3.05, 3.63) is 65.2 Å². The van der Waals surface area contributed by atoms with Crippen LogP contribution in [0.15, 0.2) is 48.5 Å². The Morgan fingerprint density at radius 1 is 1.10 bits per heavy atom. The fourth-order valence-electron chi connectivity index (χ4n) is 3.43. The number of rotatable bonds is 8. The van der Waals surface area contributed by atoms with Gasteiger partial charge in [-0.1, -0.05) is 42.3 Å². The first-order valence-corrected chi connectivity index (χ1v) is 10.0.